The summed E-state index contributed by atoms with van der Waals surface area (Å²) in [5.41, 5.74) is 8.39. The Hall–Kier alpha value is -0.940. The van der Waals surface area contributed by atoms with Crippen molar-refractivity contribution in [3.05, 3.63) is 35.4 Å². The second-order valence-corrected chi connectivity index (χ2v) is 4.96. The van der Waals surface area contributed by atoms with Crippen LogP contribution in [-0.4, -0.2) is 51.0 Å². The molecule has 0 spiro atoms. The SMILES string of the molecule is CCOCCN(CCOCC)CCc1ccccc1CN. The van der Waals surface area contributed by atoms with Crippen LogP contribution in [0.15, 0.2) is 24.3 Å². The molecule has 120 valence electrons. The van der Waals surface area contributed by atoms with Gasteiger partial charge < -0.3 is 15.2 Å². The van der Waals surface area contributed by atoms with E-state index in [1.807, 2.05) is 19.9 Å². The Kier molecular flexibility index (Phi) is 10.1. The van der Waals surface area contributed by atoms with Gasteiger partial charge in [-0.2, -0.15) is 0 Å². The summed E-state index contributed by atoms with van der Waals surface area (Å²) in [4.78, 5) is 2.40. The summed E-state index contributed by atoms with van der Waals surface area (Å²) < 4.78 is 10.9. The lowest BCUT2D eigenvalue weighted by Crippen LogP contribution is -2.33. The lowest BCUT2D eigenvalue weighted by Gasteiger charge is -2.22. The highest BCUT2D eigenvalue weighted by Crippen LogP contribution is 2.09. The Bertz CT molecular complexity index is 362. The number of nitrogens with two attached hydrogens (primary N) is 1. The van der Waals surface area contributed by atoms with Crippen molar-refractivity contribution in [1.29, 1.82) is 0 Å². The van der Waals surface area contributed by atoms with Crippen molar-refractivity contribution in [2.45, 2.75) is 26.8 Å². The van der Waals surface area contributed by atoms with Crippen LogP contribution in [0.3, 0.4) is 0 Å². The number of hydrogen-bond acceptors (Lipinski definition) is 4. The molecule has 4 heteroatoms. The molecule has 21 heavy (non-hydrogen) atoms. The van der Waals surface area contributed by atoms with Gasteiger partial charge in [-0.25, -0.2) is 0 Å². The number of nitrogens with zero attached hydrogens (tertiary/aromatic N) is 1. The van der Waals surface area contributed by atoms with Gasteiger partial charge in [-0.05, 0) is 31.4 Å². The minimum Gasteiger partial charge on any atom is -0.380 e. The third kappa shape index (κ3) is 7.58. The summed E-state index contributed by atoms with van der Waals surface area (Å²) in [5.74, 6) is 0. The van der Waals surface area contributed by atoms with Crippen LogP contribution in [0.2, 0.25) is 0 Å². The summed E-state index contributed by atoms with van der Waals surface area (Å²) in [5, 5.41) is 0. The smallest absolute Gasteiger partial charge is 0.0593 e. The largest absolute Gasteiger partial charge is 0.380 e. The molecule has 0 heterocycles. The van der Waals surface area contributed by atoms with E-state index in [9.17, 15) is 0 Å². The van der Waals surface area contributed by atoms with Crippen molar-refractivity contribution in [2.75, 3.05) is 46.1 Å². The first-order valence-electron chi connectivity index (χ1n) is 7.96. The molecule has 1 rings (SSSR count). The van der Waals surface area contributed by atoms with Gasteiger partial charge in [-0.1, -0.05) is 24.3 Å². The molecule has 0 aliphatic heterocycles. The van der Waals surface area contributed by atoms with Gasteiger partial charge in [0.05, 0.1) is 13.2 Å². The number of rotatable bonds is 12. The highest BCUT2D eigenvalue weighted by molar-refractivity contribution is 5.27. The third-order valence-electron chi connectivity index (χ3n) is 3.55. The fourth-order valence-corrected chi connectivity index (χ4v) is 2.29. The maximum Gasteiger partial charge on any atom is 0.0593 e. The lowest BCUT2D eigenvalue weighted by molar-refractivity contribution is 0.0833. The molecule has 0 bridgehead atoms. The minimum absolute atomic E-state index is 0.605. The van der Waals surface area contributed by atoms with Gasteiger partial charge in [-0.15, -0.1) is 0 Å². The standard InChI is InChI=1S/C17H30N2O2/c1-3-20-13-11-19(12-14-21-4-2)10-9-16-7-5-6-8-17(16)15-18/h5-8H,3-4,9-15,18H2,1-2H3. The molecule has 1 aromatic rings. The number of ether oxygens (including phenoxy) is 2. The fourth-order valence-electron chi connectivity index (χ4n) is 2.29. The Labute approximate surface area is 129 Å². The van der Waals surface area contributed by atoms with Crippen LogP contribution < -0.4 is 5.73 Å². The number of hydrogen-bond donors (Lipinski definition) is 1. The summed E-state index contributed by atoms with van der Waals surface area (Å²) in [6.07, 6.45) is 1.02. The zero-order valence-corrected chi connectivity index (χ0v) is 13.5. The zero-order chi connectivity index (χ0) is 15.3. The van der Waals surface area contributed by atoms with Crippen LogP contribution in [0.1, 0.15) is 25.0 Å². The Morgan fingerprint density at radius 1 is 0.905 bits per heavy atom. The maximum atomic E-state index is 5.80. The van der Waals surface area contributed by atoms with Crippen molar-refractivity contribution in [3.63, 3.8) is 0 Å². The quantitative estimate of drug-likeness (QED) is 0.600. The normalized spacial score (nSPS) is 11.2. The van der Waals surface area contributed by atoms with E-state index in [-0.39, 0.29) is 0 Å². The topological polar surface area (TPSA) is 47.7 Å². The molecule has 0 saturated heterocycles. The zero-order valence-electron chi connectivity index (χ0n) is 13.5. The van der Waals surface area contributed by atoms with E-state index in [1.54, 1.807) is 0 Å². The molecular formula is C17H30N2O2. The number of benzene rings is 1. The van der Waals surface area contributed by atoms with Crippen molar-refractivity contribution in [3.8, 4) is 0 Å². The van der Waals surface area contributed by atoms with Gasteiger partial charge in [0.25, 0.3) is 0 Å². The molecule has 2 N–H and O–H groups in total. The first kappa shape index (κ1) is 18.1. The summed E-state index contributed by atoms with van der Waals surface area (Å²) in [6.45, 7) is 10.7. The average Bonchev–Trinajstić information content (AvgIpc) is 2.52. The predicted octanol–water partition coefficient (Wildman–Crippen LogP) is 2.06. The molecule has 0 atom stereocenters. The van der Waals surface area contributed by atoms with Crippen molar-refractivity contribution < 1.29 is 9.47 Å². The highest BCUT2D eigenvalue weighted by atomic mass is 16.5. The molecule has 0 aliphatic carbocycles. The van der Waals surface area contributed by atoms with E-state index in [0.29, 0.717) is 6.54 Å². The molecule has 0 aromatic heterocycles. The molecule has 0 aliphatic rings. The van der Waals surface area contributed by atoms with Crippen LogP contribution >= 0.6 is 0 Å². The Morgan fingerprint density at radius 2 is 1.48 bits per heavy atom. The molecule has 0 saturated carbocycles. The monoisotopic (exact) mass is 294 g/mol. The second kappa shape index (κ2) is 11.7. The van der Waals surface area contributed by atoms with E-state index in [4.69, 9.17) is 15.2 Å². The van der Waals surface area contributed by atoms with Gasteiger partial charge in [0.2, 0.25) is 0 Å². The van der Waals surface area contributed by atoms with E-state index in [0.717, 1.165) is 52.5 Å². The Morgan fingerprint density at radius 3 is 2.00 bits per heavy atom. The van der Waals surface area contributed by atoms with Crippen LogP contribution in [0.5, 0.6) is 0 Å². The van der Waals surface area contributed by atoms with Gasteiger partial charge >= 0.3 is 0 Å². The first-order chi connectivity index (χ1) is 10.3. The average molecular weight is 294 g/mol. The van der Waals surface area contributed by atoms with Crippen molar-refractivity contribution in [2.24, 2.45) is 5.73 Å². The molecule has 0 radical (unpaired) electrons. The molecule has 0 unspecified atom stereocenters. The highest BCUT2D eigenvalue weighted by Gasteiger charge is 2.07. The lowest BCUT2D eigenvalue weighted by atomic mass is 10.0. The van der Waals surface area contributed by atoms with Gasteiger partial charge in [-0.3, -0.25) is 4.90 Å². The van der Waals surface area contributed by atoms with E-state index in [1.165, 1.54) is 11.1 Å². The fraction of sp³-hybridized carbons (Fsp3) is 0.647. The summed E-state index contributed by atoms with van der Waals surface area (Å²) in [7, 11) is 0. The predicted molar refractivity (Wildman–Crippen MR) is 87.5 cm³/mol. The molecule has 4 nitrogen and oxygen atoms in total. The van der Waals surface area contributed by atoms with Crippen molar-refractivity contribution in [1.82, 2.24) is 4.90 Å². The molecule has 1 aromatic carbocycles. The van der Waals surface area contributed by atoms with Gasteiger partial charge in [0.15, 0.2) is 0 Å². The van der Waals surface area contributed by atoms with Crippen molar-refractivity contribution >= 4 is 0 Å². The minimum atomic E-state index is 0.605. The van der Waals surface area contributed by atoms with Crippen LogP contribution in [0, 0.1) is 0 Å². The van der Waals surface area contributed by atoms with E-state index < -0.39 is 0 Å². The van der Waals surface area contributed by atoms with E-state index in [2.05, 4.69) is 23.1 Å². The van der Waals surface area contributed by atoms with Crippen LogP contribution in [0.25, 0.3) is 0 Å². The first-order valence-corrected chi connectivity index (χ1v) is 7.96. The molecule has 0 fully saturated rings. The van der Waals surface area contributed by atoms with E-state index >= 15 is 0 Å². The summed E-state index contributed by atoms with van der Waals surface area (Å²) >= 11 is 0. The maximum absolute atomic E-state index is 5.80. The van der Waals surface area contributed by atoms with Gasteiger partial charge in [0.1, 0.15) is 0 Å². The van der Waals surface area contributed by atoms with Crippen LogP contribution in [0.4, 0.5) is 0 Å². The molecule has 0 amide bonds. The Balaban J connectivity index is 2.46. The van der Waals surface area contributed by atoms with Gasteiger partial charge in [0, 0.05) is 39.4 Å². The second-order valence-electron chi connectivity index (χ2n) is 4.96. The summed E-state index contributed by atoms with van der Waals surface area (Å²) in [6, 6.07) is 8.42. The third-order valence-corrected chi connectivity index (χ3v) is 3.55. The molecular weight excluding hydrogens is 264 g/mol. The van der Waals surface area contributed by atoms with Crippen LogP contribution in [-0.2, 0) is 22.4 Å².